The highest BCUT2D eigenvalue weighted by atomic mass is 35.5. The van der Waals surface area contributed by atoms with Gasteiger partial charge in [0.25, 0.3) is 0 Å². The molecule has 0 radical (unpaired) electrons. The van der Waals surface area contributed by atoms with Crippen LogP contribution < -0.4 is 0 Å². The minimum absolute atomic E-state index is 0.0489. The van der Waals surface area contributed by atoms with Crippen molar-refractivity contribution < 1.29 is 13.2 Å². The number of carbonyl (C=O) groups is 1. The molecule has 0 saturated carbocycles. The van der Waals surface area contributed by atoms with Gasteiger partial charge in [0.05, 0.1) is 11.3 Å². The number of nitrogens with zero attached hydrogens (tertiary/aromatic N) is 2. The normalized spacial score (nSPS) is 12.1. The Morgan fingerprint density at radius 1 is 1.07 bits per heavy atom. The Labute approximate surface area is 162 Å². The van der Waals surface area contributed by atoms with E-state index in [4.69, 9.17) is 11.6 Å². The second-order valence-corrected chi connectivity index (χ2v) is 9.47. The number of sulfone groups is 1. The maximum atomic E-state index is 12.9. The number of carbonyl (C=O) groups excluding carboxylic acids is 1. The maximum Gasteiger partial charge on any atom is 0.190 e. The number of benzene rings is 2. The van der Waals surface area contributed by atoms with Gasteiger partial charge in [-0.1, -0.05) is 41.9 Å². The summed E-state index contributed by atoms with van der Waals surface area (Å²) in [6, 6.07) is 15.1. The topological polar surface area (TPSA) is 92.8 Å². The van der Waals surface area contributed by atoms with Crippen molar-refractivity contribution >= 4 is 27.2 Å². The molecule has 1 N–H and O–H groups in total. The molecule has 3 aromatic rings. The molecule has 27 heavy (non-hydrogen) atoms. The fourth-order valence-corrected chi connectivity index (χ4v) is 4.10. The van der Waals surface area contributed by atoms with Crippen molar-refractivity contribution in [3.63, 3.8) is 0 Å². The molecule has 2 aromatic carbocycles. The number of Topliss-reactive ketones (excluding diaryl/α,β-unsaturated/α-hetero) is 1. The highest BCUT2D eigenvalue weighted by Gasteiger charge is 2.42. The van der Waals surface area contributed by atoms with E-state index < -0.39 is 20.4 Å². The Kier molecular flexibility index (Phi) is 5.17. The van der Waals surface area contributed by atoms with E-state index in [9.17, 15) is 13.2 Å². The van der Waals surface area contributed by atoms with Gasteiger partial charge in [-0.15, -0.1) is 0 Å². The third-order valence-electron chi connectivity index (χ3n) is 4.36. The summed E-state index contributed by atoms with van der Waals surface area (Å²) in [7, 11) is -3.89. The summed E-state index contributed by atoms with van der Waals surface area (Å²) in [6.07, 6.45) is -0.167. The molecule has 1 aromatic heterocycles. The van der Waals surface area contributed by atoms with Gasteiger partial charge in [0.15, 0.2) is 21.4 Å². The van der Waals surface area contributed by atoms with Gasteiger partial charge in [0, 0.05) is 10.6 Å². The lowest BCUT2D eigenvalue weighted by molar-refractivity contribution is -0.120. The van der Waals surface area contributed by atoms with E-state index in [1.54, 1.807) is 0 Å². The average molecular weight is 404 g/mol. The lowest BCUT2D eigenvalue weighted by Crippen LogP contribution is -2.41. The van der Waals surface area contributed by atoms with Crippen LogP contribution in [0.3, 0.4) is 0 Å². The zero-order valence-corrected chi connectivity index (χ0v) is 16.4. The fraction of sp³-hybridized carbons (Fsp3) is 0.211. The van der Waals surface area contributed by atoms with Crippen molar-refractivity contribution in [1.29, 1.82) is 0 Å². The van der Waals surface area contributed by atoms with Gasteiger partial charge in [-0.05, 0) is 38.1 Å². The van der Waals surface area contributed by atoms with Crippen LogP contribution in [0.25, 0.3) is 11.4 Å². The van der Waals surface area contributed by atoms with Gasteiger partial charge in [0.2, 0.25) is 0 Å². The lowest BCUT2D eigenvalue weighted by atomic mass is 10.1. The summed E-state index contributed by atoms with van der Waals surface area (Å²) in [5.41, 5.74) is 0.806. The molecule has 0 saturated heterocycles. The third kappa shape index (κ3) is 3.79. The highest BCUT2D eigenvalue weighted by Crippen LogP contribution is 2.28. The molecule has 6 nitrogen and oxygen atoms in total. The zero-order valence-electron chi connectivity index (χ0n) is 14.8. The van der Waals surface area contributed by atoms with Crippen LogP contribution in [0.5, 0.6) is 0 Å². The minimum atomic E-state index is -3.89. The molecule has 0 aliphatic rings. The van der Waals surface area contributed by atoms with Crippen LogP contribution in [0.4, 0.5) is 0 Å². The molecule has 1 heterocycles. The molecule has 3 rings (SSSR count). The standard InChI is InChI=1S/C19H18ClN3O3S/c1-19(2,27(25,26)15-10-8-14(20)9-11-15)16(24)12-17-21-18(23-22-17)13-6-4-3-5-7-13/h3-11H,12H2,1-2H3,(H,21,22,23). The van der Waals surface area contributed by atoms with Crippen LogP contribution in [0.15, 0.2) is 59.5 Å². The number of rotatable bonds is 6. The number of hydrogen-bond donors (Lipinski definition) is 1. The van der Waals surface area contributed by atoms with Crippen molar-refractivity contribution in [3.05, 3.63) is 65.4 Å². The molecule has 0 aliphatic carbocycles. The van der Waals surface area contributed by atoms with Crippen molar-refractivity contribution in [2.45, 2.75) is 29.9 Å². The van der Waals surface area contributed by atoms with E-state index in [2.05, 4.69) is 15.2 Å². The van der Waals surface area contributed by atoms with Gasteiger partial charge >= 0.3 is 0 Å². The van der Waals surface area contributed by atoms with E-state index in [0.717, 1.165) is 5.56 Å². The molecule has 0 spiro atoms. The average Bonchev–Trinajstić information content (AvgIpc) is 3.11. The third-order valence-corrected chi connectivity index (χ3v) is 7.08. The Morgan fingerprint density at radius 3 is 2.33 bits per heavy atom. The Balaban J connectivity index is 1.82. The quantitative estimate of drug-likeness (QED) is 0.680. The molecule has 8 heteroatoms. The summed E-state index contributed by atoms with van der Waals surface area (Å²) in [5, 5.41) is 7.24. The Bertz CT molecular complexity index is 1060. The zero-order chi connectivity index (χ0) is 19.7. The molecular formula is C19H18ClN3O3S. The lowest BCUT2D eigenvalue weighted by Gasteiger charge is -2.23. The summed E-state index contributed by atoms with van der Waals surface area (Å²) in [6.45, 7) is 2.79. The van der Waals surface area contributed by atoms with Crippen LogP contribution in [0, 0.1) is 0 Å². The second-order valence-electron chi connectivity index (χ2n) is 6.54. The summed E-state index contributed by atoms with van der Waals surface area (Å²) < 4.78 is 24.2. The first-order valence-corrected chi connectivity index (χ1v) is 10.1. The highest BCUT2D eigenvalue weighted by molar-refractivity contribution is 7.93. The molecule has 0 amide bonds. The predicted molar refractivity (Wildman–Crippen MR) is 103 cm³/mol. The summed E-state index contributed by atoms with van der Waals surface area (Å²) in [4.78, 5) is 17.1. The predicted octanol–water partition coefficient (Wildman–Crippen LogP) is 3.49. The number of halogens is 1. The Hall–Kier alpha value is -2.51. The Morgan fingerprint density at radius 2 is 1.70 bits per heavy atom. The number of nitrogens with one attached hydrogen (secondary N) is 1. The number of hydrogen-bond acceptors (Lipinski definition) is 5. The number of aromatic amines is 1. The van der Waals surface area contributed by atoms with Crippen molar-refractivity contribution in [3.8, 4) is 11.4 Å². The van der Waals surface area contributed by atoms with E-state index in [1.165, 1.54) is 38.1 Å². The van der Waals surface area contributed by atoms with Crippen molar-refractivity contribution in [2.24, 2.45) is 0 Å². The maximum absolute atomic E-state index is 12.9. The molecule has 0 aliphatic heterocycles. The van der Waals surface area contributed by atoms with Crippen molar-refractivity contribution in [1.82, 2.24) is 15.2 Å². The first-order chi connectivity index (χ1) is 12.7. The van der Waals surface area contributed by atoms with Gasteiger partial charge in [-0.2, -0.15) is 5.10 Å². The monoisotopic (exact) mass is 403 g/mol. The number of aromatic nitrogens is 3. The van der Waals surface area contributed by atoms with Crippen LogP contribution in [0.2, 0.25) is 5.02 Å². The summed E-state index contributed by atoms with van der Waals surface area (Å²) in [5.74, 6) is 0.295. The van der Waals surface area contributed by atoms with E-state index in [1.807, 2.05) is 30.3 Å². The number of H-pyrrole nitrogens is 1. The van der Waals surface area contributed by atoms with Crippen LogP contribution in [-0.2, 0) is 21.1 Å². The molecule has 140 valence electrons. The van der Waals surface area contributed by atoms with Crippen LogP contribution >= 0.6 is 11.6 Å². The SMILES string of the molecule is CC(C)(C(=O)Cc1nc(-c2ccccc2)n[nH]1)S(=O)(=O)c1ccc(Cl)cc1. The first kappa shape index (κ1) is 19.3. The largest absolute Gasteiger partial charge is 0.297 e. The molecular weight excluding hydrogens is 386 g/mol. The van der Waals surface area contributed by atoms with Crippen LogP contribution in [0.1, 0.15) is 19.7 Å². The number of ketones is 1. The molecule has 0 unspecified atom stereocenters. The van der Waals surface area contributed by atoms with E-state index in [-0.39, 0.29) is 11.3 Å². The van der Waals surface area contributed by atoms with Gasteiger partial charge < -0.3 is 0 Å². The van der Waals surface area contributed by atoms with Crippen LogP contribution in [-0.4, -0.2) is 34.1 Å². The van der Waals surface area contributed by atoms with Crippen molar-refractivity contribution in [2.75, 3.05) is 0 Å². The van der Waals surface area contributed by atoms with Gasteiger partial charge in [-0.25, -0.2) is 13.4 Å². The van der Waals surface area contributed by atoms with Gasteiger partial charge in [-0.3, -0.25) is 9.89 Å². The van der Waals surface area contributed by atoms with E-state index >= 15 is 0 Å². The summed E-state index contributed by atoms with van der Waals surface area (Å²) >= 11 is 5.82. The van der Waals surface area contributed by atoms with Gasteiger partial charge in [0.1, 0.15) is 10.6 Å². The smallest absolute Gasteiger partial charge is 0.190 e. The molecule has 0 bridgehead atoms. The molecule has 0 atom stereocenters. The minimum Gasteiger partial charge on any atom is -0.297 e. The first-order valence-electron chi connectivity index (χ1n) is 8.22. The fourth-order valence-electron chi connectivity index (χ4n) is 2.51. The molecule has 0 fully saturated rings. The second kappa shape index (κ2) is 7.25. The van der Waals surface area contributed by atoms with E-state index in [0.29, 0.717) is 16.7 Å².